The van der Waals surface area contributed by atoms with Crippen molar-refractivity contribution >= 4 is 26.6 Å². The van der Waals surface area contributed by atoms with Crippen LogP contribution in [0.25, 0.3) is 10.9 Å². The maximum atomic E-state index is 13.8. The van der Waals surface area contributed by atoms with Gasteiger partial charge in [0.05, 0.1) is 10.6 Å². The van der Waals surface area contributed by atoms with Crippen molar-refractivity contribution in [3.8, 4) is 0 Å². The number of aromatic nitrogens is 1. The molecule has 4 nitrogen and oxygen atoms in total. The number of halogens is 1. The first-order valence-electron chi connectivity index (χ1n) is 7.02. The average Bonchev–Trinajstić information content (AvgIpc) is 2.51. The number of pyridine rings is 1. The van der Waals surface area contributed by atoms with Gasteiger partial charge in [0.1, 0.15) is 11.3 Å². The van der Waals surface area contributed by atoms with Gasteiger partial charge in [0.25, 0.3) is 10.0 Å². The lowest BCUT2D eigenvalue weighted by atomic mass is 10.1. The Balaban J connectivity index is 2.16. The van der Waals surface area contributed by atoms with E-state index in [0.29, 0.717) is 5.69 Å². The van der Waals surface area contributed by atoms with E-state index >= 15 is 0 Å². The van der Waals surface area contributed by atoms with E-state index in [0.717, 1.165) is 17.2 Å². The average molecular weight is 330 g/mol. The Labute approximate surface area is 134 Å². The summed E-state index contributed by atoms with van der Waals surface area (Å²) in [6, 6.07) is 11.0. The van der Waals surface area contributed by atoms with Crippen LogP contribution in [0.2, 0.25) is 0 Å². The van der Waals surface area contributed by atoms with Gasteiger partial charge in [-0.2, -0.15) is 0 Å². The van der Waals surface area contributed by atoms with E-state index < -0.39 is 15.8 Å². The van der Waals surface area contributed by atoms with Gasteiger partial charge in [-0.25, -0.2) is 12.8 Å². The van der Waals surface area contributed by atoms with Crippen LogP contribution < -0.4 is 4.72 Å². The van der Waals surface area contributed by atoms with Crippen molar-refractivity contribution < 1.29 is 12.8 Å². The van der Waals surface area contributed by atoms with Gasteiger partial charge in [-0.05, 0) is 49.2 Å². The maximum Gasteiger partial charge on any atom is 0.262 e. The molecule has 0 aliphatic rings. The molecule has 0 saturated heterocycles. The Morgan fingerprint density at radius 1 is 1.00 bits per heavy atom. The molecular weight excluding hydrogens is 315 g/mol. The van der Waals surface area contributed by atoms with Crippen molar-refractivity contribution in [3.63, 3.8) is 0 Å². The second-order valence-corrected chi connectivity index (χ2v) is 6.97. The van der Waals surface area contributed by atoms with Crippen LogP contribution in [-0.2, 0) is 10.0 Å². The fourth-order valence-electron chi connectivity index (χ4n) is 2.51. The van der Waals surface area contributed by atoms with Crippen molar-refractivity contribution in [2.45, 2.75) is 18.7 Å². The molecule has 0 atom stereocenters. The zero-order valence-electron chi connectivity index (χ0n) is 12.7. The first kappa shape index (κ1) is 15.4. The molecule has 118 valence electrons. The van der Waals surface area contributed by atoms with Gasteiger partial charge < -0.3 is 0 Å². The lowest BCUT2D eigenvalue weighted by Gasteiger charge is -2.14. The molecule has 0 fully saturated rings. The third kappa shape index (κ3) is 2.77. The summed E-state index contributed by atoms with van der Waals surface area (Å²) < 4.78 is 42.0. The normalized spacial score (nSPS) is 11.6. The van der Waals surface area contributed by atoms with Gasteiger partial charge in [0.15, 0.2) is 0 Å². The number of nitrogens with zero attached hydrogens (tertiary/aromatic N) is 1. The number of fused-ring (bicyclic) bond motifs is 1. The summed E-state index contributed by atoms with van der Waals surface area (Å²) in [5.74, 6) is -0.549. The number of anilines is 1. The van der Waals surface area contributed by atoms with Gasteiger partial charge in [-0.15, -0.1) is 0 Å². The number of hydrogen-bond donors (Lipinski definition) is 1. The minimum Gasteiger partial charge on any atom is -0.279 e. The summed E-state index contributed by atoms with van der Waals surface area (Å²) >= 11 is 0. The molecule has 0 aliphatic heterocycles. The monoisotopic (exact) mass is 330 g/mol. The highest BCUT2D eigenvalue weighted by Gasteiger charge is 2.20. The number of nitrogens with one attached hydrogen (secondary N) is 1. The largest absolute Gasteiger partial charge is 0.279 e. The number of aryl methyl sites for hydroxylation is 2. The van der Waals surface area contributed by atoms with Gasteiger partial charge in [-0.1, -0.05) is 18.2 Å². The summed E-state index contributed by atoms with van der Waals surface area (Å²) in [7, 11) is -3.86. The number of rotatable bonds is 3. The molecule has 0 aliphatic carbocycles. The molecule has 0 spiro atoms. The molecule has 1 aromatic heterocycles. The molecule has 0 unspecified atom stereocenters. The summed E-state index contributed by atoms with van der Waals surface area (Å²) in [4.78, 5) is 3.93. The second-order valence-electron chi connectivity index (χ2n) is 5.32. The van der Waals surface area contributed by atoms with Gasteiger partial charge in [0.2, 0.25) is 0 Å². The maximum absolute atomic E-state index is 13.8. The minimum absolute atomic E-state index is 0.00431. The van der Waals surface area contributed by atoms with Crippen LogP contribution in [0.1, 0.15) is 11.1 Å². The number of para-hydroxylation sites is 1. The third-order valence-electron chi connectivity index (χ3n) is 3.69. The lowest BCUT2D eigenvalue weighted by Crippen LogP contribution is -2.15. The Morgan fingerprint density at radius 3 is 2.39 bits per heavy atom. The highest BCUT2D eigenvalue weighted by molar-refractivity contribution is 7.93. The van der Waals surface area contributed by atoms with Crippen molar-refractivity contribution in [2.24, 2.45) is 0 Å². The molecule has 6 heteroatoms. The smallest absolute Gasteiger partial charge is 0.262 e. The Hall–Kier alpha value is -2.47. The molecular formula is C17H15FN2O2S. The van der Waals surface area contributed by atoms with Gasteiger partial charge in [-0.3, -0.25) is 9.71 Å². The van der Waals surface area contributed by atoms with Gasteiger partial charge in [0, 0.05) is 11.6 Å². The Kier molecular flexibility index (Phi) is 3.77. The molecule has 0 bridgehead atoms. The summed E-state index contributed by atoms with van der Waals surface area (Å²) in [6.07, 6.45) is 1.43. The SMILES string of the molecule is Cc1cccc(C)c1NS(=O)(=O)c1ccc(F)c2ncccc12. The van der Waals surface area contributed by atoms with Crippen LogP contribution in [0.15, 0.2) is 53.6 Å². The van der Waals surface area contributed by atoms with E-state index in [-0.39, 0.29) is 15.8 Å². The lowest BCUT2D eigenvalue weighted by molar-refractivity contribution is 0.601. The summed E-state index contributed by atoms with van der Waals surface area (Å²) in [5, 5.41) is 0.256. The number of hydrogen-bond acceptors (Lipinski definition) is 3. The first-order valence-corrected chi connectivity index (χ1v) is 8.51. The van der Waals surface area contributed by atoms with E-state index in [1.165, 1.54) is 12.3 Å². The van der Waals surface area contributed by atoms with E-state index in [9.17, 15) is 12.8 Å². The van der Waals surface area contributed by atoms with Crippen LogP contribution in [0.3, 0.4) is 0 Å². The fraction of sp³-hybridized carbons (Fsp3) is 0.118. The van der Waals surface area contributed by atoms with Crippen molar-refractivity contribution in [2.75, 3.05) is 4.72 Å². The molecule has 3 rings (SSSR count). The van der Waals surface area contributed by atoms with Crippen molar-refractivity contribution in [1.29, 1.82) is 0 Å². The predicted octanol–water partition coefficient (Wildman–Crippen LogP) is 3.79. The van der Waals surface area contributed by atoms with Gasteiger partial charge >= 0.3 is 0 Å². The van der Waals surface area contributed by atoms with E-state index in [1.54, 1.807) is 12.1 Å². The molecule has 23 heavy (non-hydrogen) atoms. The zero-order valence-corrected chi connectivity index (χ0v) is 13.5. The molecule has 1 N–H and O–H groups in total. The van der Waals surface area contributed by atoms with E-state index in [1.807, 2.05) is 32.0 Å². The summed E-state index contributed by atoms with van der Waals surface area (Å²) in [5.41, 5.74) is 2.21. The topological polar surface area (TPSA) is 59.1 Å². The molecule has 0 amide bonds. The van der Waals surface area contributed by atoms with Crippen LogP contribution >= 0.6 is 0 Å². The second kappa shape index (κ2) is 5.62. The van der Waals surface area contributed by atoms with Crippen molar-refractivity contribution in [1.82, 2.24) is 4.98 Å². The Bertz CT molecular complexity index is 980. The number of benzene rings is 2. The van der Waals surface area contributed by atoms with Crippen LogP contribution in [0, 0.1) is 19.7 Å². The number of sulfonamides is 1. The quantitative estimate of drug-likeness (QED) is 0.795. The highest BCUT2D eigenvalue weighted by atomic mass is 32.2. The van der Waals surface area contributed by atoms with E-state index in [2.05, 4.69) is 9.71 Å². The standard InChI is InChI=1S/C17H15FN2O2S/c1-11-5-3-6-12(2)16(11)20-23(21,22)15-9-8-14(18)17-13(15)7-4-10-19-17/h3-10,20H,1-2H3. The van der Waals surface area contributed by atoms with Crippen LogP contribution in [-0.4, -0.2) is 13.4 Å². The fourth-order valence-corrected chi connectivity index (χ4v) is 3.91. The minimum atomic E-state index is -3.86. The summed E-state index contributed by atoms with van der Waals surface area (Å²) in [6.45, 7) is 3.66. The zero-order chi connectivity index (χ0) is 16.6. The predicted molar refractivity (Wildman–Crippen MR) is 88.4 cm³/mol. The first-order chi connectivity index (χ1) is 10.9. The molecule has 1 heterocycles. The molecule has 0 saturated carbocycles. The third-order valence-corrected chi connectivity index (χ3v) is 5.10. The molecule has 3 aromatic rings. The van der Waals surface area contributed by atoms with Crippen molar-refractivity contribution in [3.05, 3.63) is 65.6 Å². The van der Waals surface area contributed by atoms with Crippen LogP contribution in [0.4, 0.5) is 10.1 Å². The Morgan fingerprint density at radius 2 is 1.70 bits per heavy atom. The van der Waals surface area contributed by atoms with E-state index in [4.69, 9.17) is 0 Å². The van der Waals surface area contributed by atoms with Crippen LogP contribution in [0.5, 0.6) is 0 Å². The molecule has 2 aromatic carbocycles. The molecule has 0 radical (unpaired) electrons. The highest BCUT2D eigenvalue weighted by Crippen LogP contribution is 2.28.